The number of nitrogens with zero attached hydrogens (tertiary/aromatic N) is 1. The lowest BCUT2D eigenvalue weighted by Gasteiger charge is -2.32. The first-order valence-corrected chi connectivity index (χ1v) is 9.22. The first-order chi connectivity index (χ1) is 9.67. The van der Waals surface area contributed by atoms with Crippen molar-refractivity contribution in [1.29, 1.82) is 5.26 Å². The molecule has 0 heterocycles. The van der Waals surface area contributed by atoms with E-state index in [4.69, 9.17) is 0 Å². The molecule has 4 unspecified atom stereocenters. The molecule has 0 aromatic heterocycles. The summed E-state index contributed by atoms with van der Waals surface area (Å²) >= 11 is 3.48. The van der Waals surface area contributed by atoms with Crippen LogP contribution in [0.1, 0.15) is 39.0 Å². The van der Waals surface area contributed by atoms with E-state index in [1.807, 2.05) is 24.3 Å². The van der Waals surface area contributed by atoms with Gasteiger partial charge < -0.3 is 0 Å². The van der Waals surface area contributed by atoms with Crippen LogP contribution in [0.2, 0.25) is 0 Å². The van der Waals surface area contributed by atoms with E-state index in [1.165, 1.54) is 6.42 Å². The second-order valence-corrected chi connectivity index (χ2v) is 7.96. The molecular formula is C16H20BrNOS. The van der Waals surface area contributed by atoms with Gasteiger partial charge in [0.05, 0.1) is 32.9 Å². The molecule has 1 aromatic carbocycles. The van der Waals surface area contributed by atoms with Crippen molar-refractivity contribution < 1.29 is 4.21 Å². The third-order valence-electron chi connectivity index (χ3n) is 4.09. The Morgan fingerprint density at radius 2 is 2.15 bits per heavy atom. The normalized spacial score (nSPS) is 27.8. The zero-order chi connectivity index (χ0) is 14.5. The fourth-order valence-corrected chi connectivity index (χ4v) is 5.54. The highest BCUT2D eigenvalue weighted by molar-refractivity contribution is 9.10. The second kappa shape index (κ2) is 7.38. The number of rotatable bonds is 4. The minimum absolute atomic E-state index is 0.0241. The molecule has 108 valence electrons. The first-order valence-electron chi connectivity index (χ1n) is 7.22. The minimum atomic E-state index is -1.11. The summed E-state index contributed by atoms with van der Waals surface area (Å²) in [6, 6.07) is 10.0. The quantitative estimate of drug-likeness (QED) is 0.789. The molecule has 0 saturated heterocycles. The second-order valence-electron chi connectivity index (χ2n) is 5.47. The van der Waals surface area contributed by atoms with E-state index >= 15 is 0 Å². The van der Waals surface area contributed by atoms with Gasteiger partial charge in [-0.05, 0) is 53.2 Å². The van der Waals surface area contributed by atoms with E-state index in [2.05, 4.69) is 28.9 Å². The Morgan fingerprint density at radius 1 is 1.40 bits per heavy atom. The molecule has 0 radical (unpaired) electrons. The van der Waals surface area contributed by atoms with Crippen molar-refractivity contribution in [1.82, 2.24) is 0 Å². The lowest BCUT2D eigenvalue weighted by Crippen LogP contribution is -2.32. The Morgan fingerprint density at radius 3 is 2.80 bits per heavy atom. The van der Waals surface area contributed by atoms with Crippen LogP contribution in [0.3, 0.4) is 0 Å². The van der Waals surface area contributed by atoms with E-state index < -0.39 is 10.8 Å². The van der Waals surface area contributed by atoms with Crippen LogP contribution >= 0.6 is 15.9 Å². The highest BCUT2D eigenvalue weighted by Gasteiger charge is 2.35. The number of halogens is 1. The highest BCUT2D eigenvalue weighted by Crippen LogP contribution is 2.37. The van der Waals surface area contributed by atoms with Gasteiger partial charge in [0.15, 0.2) is 0 Å². The Hall–Kier alpha value is -0.660. The maximum atomic E-state index is 12.9. The van der Waals surface area contributed by atoms with Gasteiger partial charge in [0.1, 0.15) is 0 Å². The van der Waals surface area contributed by atoms with Crippen LogP contribution < -0.4 is 0 Å². The summed E-state index contributed by atoms with van der Waals surface area (Å²) in [5, 5.41) is 9.32. The molecular weight excluding hydrogens is 334 g/mol. The molecule has 4 heteroatoms. The summed E-state index contributed by atoms with van der Waals surface area (Å²) in [6.45, 7) is 2.19. The molecule has 1 saturated carbocycles. The fourth-order valence-electron chi connectivity index (χ4n) is 3.04. The van der Waals surface area contributed by atoms with Gasteiger partial charge >= 0.3 is 0 Å². The van der Waals surface area contributed by atoms with Crippen molar-refractivity contribution in [3.8, 4) is 6.07 Å². The molecule has 1 aliphatic carbocycles. The topological polar surface area (TPSA) is 40.9 Å². The summed E-state index contributed by atoms with van der Waals surface area (Å²) in [5.41, 5.74) is 0. The molecule has 1 aromatic rings. The van der Waals surface area contributed by atoms with Crippen molar-refractivity contribution in [3.63, 3.8) is 0 Å². The first kappa shape index (κ1) is 15.7. The van der Waals surface area contributed by atoms with Crippen LogP contribution in [-0.2, 0) is 10.8 Å². The Bertz CT molecular complexity index is 525. The lowest BCUT2D eigenvalue weighted by atomic mass is 9.80. The van der Waals surface area contributed by atoms with Gasteiger partial charge in [-0.2, -0.15) is 5.26 Å². The molecule has 0 amide bonds. The third-order valence-corrected chi connectivity index (χ3v) is 6.91. The van der Waals surface area contributed by atoms with Gasteiger partial charge in [-0.1, -0.05) is 31.9 Å². The van der Waals surface area contributed by atoms with E-state index in [0.29, 0.717) is 5.92 Å². The van der Waals surface area contributed by atoms with Crippen molar-refractivity contribution >= 4 is 26.7 Å². The Labute approximate surface area is 132 Å². The summed E-state index contributed by atoms with van der Waals surface area (Å²) in [4.78, 5) is 0.829. The largest absolute Gasteiger partial charge is 0.254 e. The van der Waals surface area contributed by atoms with Gasteiger partial charge in [0.25, 0.3) is 0 Å². The standard InChI is InChI=1S/C16H20BrNOS/c1-2-5-12-8-9-13(11-18)16(10-12)20(19)15-7-4-3-6-14(15)17/h3-4,6-7,12-13,16H,2,5,8-10H2,1H3. The van der Waals surface area contributed by atoms with E-state index in [1.54, 1.807) is 0 Å². The van der Waals surface area contributed by atoms with Crippen LogP contribution in [0.5, 0.6) is 0 Å². The van der Waals surface area contributed by atoms with Gasteiger partial charge in [-0.25, -0.2) is 0 Å². The van der Waals surface area contributed by atoms with Crippen molar-refractivity contribution in [2.24, 2.45) is 11.8 Å². The van der Waals surface area contributed by atoms with Crippen LogP contribution in [0.4, 0.5) is 0 Å². The van der Waals surface area contributed by atoms with Gasteiger partial charge in [0, 0.05) is 4.47 Å². The molecule has 4 atom stereocenters. The Kier molecular flexibility index (Phi) is 5.80. The third kappa shape index (κ3) is 3.51. The maximum Gasteiger partial charge on any atom is 0.0668 e. The molecule has 1 aliphatic rings. The van der Waals surface area contributed by atoms with Crippen LogP contribution in [0, 0.1) is 23.2 Å². The molecule has 0 N–H and O–H groups in total. The number of hydrogen-bond acceptors (Lipinski definition) is 2. The minimum Gasteiger partial charge on any atom is -0.254 e. The predicted molar refractivity (Wildman–Crippen MR) is 85.7 cm³/mol. The maximum absolute atomic E-state index is 12.9. The molecule has 2 rings (SSSR count). The van der Waals surface area contributed by atoms with Crippen molar-refractivity contribution in [2.75, 3.05) is 0 Å². The van der Waals surface area contributed by atoms with Crippen LogP contribution in [-0.4, -0.2) is 9.46 Å². The van der Waals surface area contributed by atoms with E-state index in [-0.39, 0.29) is 11.2 Å². The van der Waals surface area contributed by atoms with Gasteiger partial charge in [-0.15, -0.1) is 0 Å². The average molecular weight is 354 g/mol. The smallest absolute Gasteiger partial charge is 0.0668 e. The molecule has 0 aliphatic heterocycles. The molecule has 0 bridgehead atoms. The van der Waals surface area contributed by atoms with Gasteiger partial charge in [-0.3, -0.25) is 4.21 Å². The average Bonchev–Trinajstić information content (AvgIpc) is 2.47. The van der Waals surface area contributed by atoms with Crippen molar-refractivity contribution in [2.45, 2.75) is 49.2 Å². The zero-order valence-corrected chi connectivity index (χ0v) is 14.1. The van der Waals surface area contributed by atoms with Crippen LogP contribution in [0.15, 0.2) is 33.6 Å². The lowest BCUT2D eigenvalue weighted by molar-refractivity contribution is 0.303. The number of benzene rings is 1. The monoisotopic (exact) mass is 353 g/mol. The summed E-state index contributed by atoms with van der Waals surface area (Å²) in [6.07, 6.45) is 5.26. The zero-order valence-electron chi connectivity index (χ0n) is 11.7. The highest BCUT2D eigenvalue weighted by atomic mass is 79.9. The molecule has 2 nitrogen and oxygen atoms in total. The van der Waals surface area contributed by atoms with Gasteiger partial charge in [0.2, 0.25) is 0 Å². The fraction of sp³-hybridized carbons (Fsp3) is 0.562. The van der Waals surface area contributed by atoms with Crippen molar-refractivity contribution in [3.05, 3.63) is 28.7 Å². The summed E-state index contributed by atoms with van der Waals surface area (Å²) in [5.74, 6) is 0.553. The molecule has 20 heavy (non-hydrogen) atoms. The molecule has 0 spiro atoms. The number of nitriles is 1. The van der Waals surface area contributed by atoms with E-state index in [9.17, 15) is 9.47 Å². The summed E-state index contributed by atoms with van der Waals surface area (Å²) in [7, 11) is -1.11. The van der Waals surface area contributed by atoms with E-state index in [0.717, 1.165) is 35.1 Å². The number of hydrogen-bond donors (Lipinski definition) is 0. The molecule has 1 fully saturated rings. The SMILES string of the molecule is CCCC1CCC(C#N)C(S(=O)c2ccccc2Br)C1. The summed E-state index contributed by atoms with van der Waals surface area (Å²) < 4.78 is 13.8. The van der Waals surface area contributed by atoms with Crippen LogP contribution in [0.25, 0.3) is 0 Å². The predicted octanol–water partition coefficient (Wildman–Crippen LogP) is 4.67. The Balaban J connectivity index is 2.21.